The first-order valence-corrected chi connectivity index (χ1v) is 7.08. The van der Waals surface area contributed by atoms with Gasteiger partial charge in [-0.05, 0) is 43.0 Å². The minimum Gasteiger partial charge on any atom is -0.497 e. The van der Waals surface area contributed by atoms with Crippen LogP contribution in [0.25, 0.3) is 0 Å². The number of unbranched alkanes of at least 4 members (excludes halogenated alkanes) is 1. The summed E-state index contributed by atoms with van der Waals surface area (Å²) in [4.78, 5) is 16.8. The lowest BCUT2D eigenvalue weighted by Crippen LogP contribution is -2.31. The summed E-state index contributed by atoms with van der Waals surface area (Å²) in [5.41, 5.74) is 4.78. The quantitative estimate of drug-likeness (QED) is 0.744. The van der Waals surface area contributed by atoms with E-state index in [4.69, 9.17) is 9.57 Å². The van der Waals surface area contributed by atoms with Crippen LogP contribution in [0.15, 0.2) is 18.2 Å². The standard InChI is InChI=1S/C16H25NO3/c1-5-6-7-14(16(18)17-20-4)11-13-8-9-15(19-3)10-12(13)2/h8-10,14H,5-7,11H2,1-4H3,(H,17,18)/t14-/m0/s1. The first-order chi connectivity index (χ1) is 9.62. The highest BCUT2D eigenvalue weighted by atomic mass is 16.6. The highest BCUT2D eigenvalue weighted by Crippen LogP contribution is 2.22. The predicted molar refractivity (Wildman–Crippen MR) is 79.6 cm³/mol. The molecule has 0 bridgehead atoms. The zero-order valence-electron chi connectivity index (χ0n) is 12.9. The van der Waals surface area contributed by atoms with Gasteiger partial charge in [0.1, 0.15) is 5.75 Å². The highest BCUT2D eigenvalue weighted by Gasteiger charge is 2.19. The molecule has 112 valence electrons. The molecule has 1 N–H and O–H groups in total. The minimum atomic E-state index is -0.0537. The molecule has 4 nitrogen and oxygen atoms in total. The van der Waals surface area contributed by atoms with Gasteiger partial charge in [0, 0.05) is 5.92 Å². The van der Waals surface area contributed by atoms with E-state index in [0.717, 1.165) is 37.0 Å². The predicted octanol–water partition coefficient (Wildman–Crippen LogP) is 3.03. The van der Waals surface area contributed by atoms with E-state index in [1.165, 1.54) is 12.7 Å². The van der Waals surface area contributed by atoms with Crippen molar-refractivity contribution in [3.05, 3.63) is 29.3 Å². The first kappa shape index (κ1) is 16.5. The SMILES string of the molecule is CCCC[C@@H](Cc1ccc(OC)cc1C)C(=O)NOC. The number of hydroxylamine groups is 1. The molecule has 4 heteroatoms. The molecule has 1 aromatic carbocycles. The van der Waals surface area contributed by atoms with Crippen LogP contribution in [0.5, 0.6) is 5.75 Å². The Bertz CT molecular complexity index is 432. The number of carbonyl (C=O) groups excluding carboxylic acids is 1. The summed E-state index contributed by atoms with van der Waals surface area (Å²) in [7, 11) is 3.12. The molecule has 0 aromatic heterocycles. The molecule has 0 aliphatic carbocycles. The zero-order chi connectivity index (χ0) is 15.0. The Morgan fingerprint density at radius 2 is 2.10 bits per heavy atom. The molecule has 0 unspecified atom stereocenters. The summed E-state index contributed by atoms with van der Waals surface area (Å²) in [6.07, 6.45) is 3.72. The highest BCUT2D eigenvalue weighted by molar-refractivity contribution is 5.77. The summed E-state index contributed by atoms with van der Waals surface area (Å²) in [5.74, 6) is 0.746. The normalized spacial score (nSPS) is 12.0. The van der Waals surface area contributed by atoms with Gasteiger partial charge in [0.25, 0.3) is 0 Å². The number of rotatable bonds is 8. The second-order valence-electron chi connectivity index (χ2n) is 5.01. The Morgan fingerprint density at radius 3 is 2.65 bits per heavy atom. The molecule has 1 aromatic rings. The van der Waals surface area contributed by atoms with Crippen LogP contribution in [0, 0.1) is 12.8 Å². The first-order valence-electron chi connectivity index (χ1n) is 7.08. The lowest BCUT2D eigenvalue weighted by molar-refractivity contribution is -0.135. The van der Waals surface area contributed by atoms with Gasteiger partial charge < -0.3 is 4.74 Å². The molecule has 0 saturated carbocycles. The van der Waals surface area contributed by atoms with E-state index in [-0.39, 0.29) is 11.8 Å². The van der Waals surface area contributed by atoms with Crippen molar-refractivity contribution in [1.29, 1.82) is 0 Å². The molecule has 0 radical (unpaired) electrons. The van der Waals surface area contributed by atoms with Gasteiger partial charge in [-0.2, -0.15) is 0 Å². The van der Waals surface area contributed by atoms with Crippen molar-refractivity contribution in [1.82, 2.24) is 5.48 Å². The molecule has 1 atom stereocenters. The van der Waals surface area contributed by atoms with Crippen molar-refractivity contribution >= 4 is 5.91 Å². The molecule has 0 spiro atoms. The number of nitrogens with one attached hydrogen (secondary N) is 1. The van der Waals surface area contributed by atoms with Crippen molar-refractivity contribution in [2.45, 2.75) is 39.5 Å². The van der Waals surface area contributed by atoms with Crippen LogP contribution in [0.2, 0.25) is 0 Å². The van der Waals surface area contributed by atoms with Crippen molar-refractivity contribution in [2.24, 2.45) is 5.92 Å². The number of benzene rings is 1. The van der Waals surface area contributed by atoms with Crippen molar-refractivity contribution in [3.63, 3.8) is 0 Å². The van der Waals surface area contributed by atoms with Gasteiger partial charge in [0.15, 0.2) is 0 Å². The summed E-state index contributed by atoms with van der Waals surface area (Å²) < 4.78 is 5.21. The van der Waals surface area contributed by atoms with E-state index in [2.05, 4.69) is 12.4 Å². The van der Waals surface area contributed by atoms with E-state index in [9.17, 15) is 4.79 Å². The van der Waals surface area contributed by atoms with E-state index >= 15 is 0 Å². The number of carbonyl (C=O) groups is 1. The number of methoxy groups -OCH3 is 1. The third-order valence-corrected chi connectivity index (χ3v) is 3.50. The molecule has 20 heavy (non-hydrogen) atoms. The van der Waals surface area contributed by atoms with Crippen LogP contribution >= 0.6 is 0 Å². The third-order valence-electron chi connectivity index (χ3n) is 3.50. The Labute approximate surface area is 121 Å². The molecule has 0 fully saturated rings. The van der Waals surface area contributed by atoms with E-state index in [0.29, 0.717) is 0 Å². The fraction of sp³-hybridized carbons (Fsp3) is 0.562. The maximum atomic E-state index is 12.0. The summed E-state index contributed by atoms with van der Waals surface area (Å²) in [6, 6.07) is 5.97. The largest absolute Gasteiger partial charge is 0.497 e. The monoisotopic (exact) mass is 279 g/mol. The number of hydrogen-bond acceptors (Lipinski definition) is 3. The number of ether oxygens (including phenoxy) is 1. The summed E-state index contributed by atoms with van der Waals surface area (Å²) in [6.45, 7) is 4.17. The van der Waals surface area contributed by atoms with Gasteiger partial charge >= 0.3 is 0 Å². The number of aryl methyl sites for hydroxylation is 1. The fourth-order valence-corrected chi connectivity index (χ4v) is 2.25. The third kappa shape index (κ3) is 4.85. The van der Waals surface area contributed by atoms with Crippen molar-refractivity contribution < 1.29 is 14.4 Å². The summed E-state index contributed by atoms with van der Waals surface area (Å²) >= 11 is 0. The zero-order valence-corrected chi connectivity index (χ0v) is 12.9. The second-order valence-corrected chi connectivity index (χ2v) is 5.01. The van der Waals surface area contributed by atoms with Crippen LogP contribution in [-0.4, -0.2) is 20.1 Å². The molecular weight excluding hydrogens is 254 g/mol. The molecule has 1 amide bonds. The molecule has 0 heterocycles. The maximum absolute atomic E-state index is 12.0. The van der Waals surface area contributed by atoms with E-state index < -0.39 is 0 Å². The molecular formula is C16H25NO3. The van der Waals surface area contributed by atoms with Gasteiger partial charge in [-0.3, -0.25) is 9.63 Å². The Hall–Kier alpha value is -1.55. The molecule has 1 rings (SSSR count). The fourth-order valence-electron chi connectivity index (χ4n) is 2.25. The lowest BCUT2D eigenvalue weighted by Gasteiger charge is -2.17. The number of amides is 1. The van der Waals surface area contributed by atoms with E-state index in [1.807, 2.05) is 25.1 Å². The van der Waals surface area contributed by atoms with Crippen LogP contribution in [0.1, 0.15) is 37.3 Å². The Balaban J connectivity index is 2.80. The number of hydrogen-bond donors (Lipinski definition) is 1. The minimum absolute atomic E-state index is 0.0452. The smallest absolute Gasteiger partial charge is 0.246 e. The van der Waals surface area contributed by atoms with Crippen LogP contribution < -0.4 is 10.2 Å². The van der Waals surface area contributed by atoms with Gasteiger partial charge in [-0.1, -0.05) is 25.8 Å². The average molecular weight is 279 g/mol. The van der Waals surface area contributed by atoms with Crippen LogP contribution in [0.3, 0.4) is 0 Å². The second kappa shape index (κ2) is 8.59. The Morgan fingerprint density at radius 1 is 1.35 bits per heavy atom. The molecule has 0 aliphatic rings. The topological polar surface area (TPSA) is 47.6 Å². The van der Waals surface area contributed by atoms with Crippen LogP contribution in [-0.2, 0) is 16.1 Å². The summed E-state index contributed by atoms with van der Waals surface area (Å²) in [5, 5.41) is 0. The van der Waals surface area contributed by atoms with E-state index in [1.54, 1.807) is 7.11 Å². The van der Waals surface area contributed by atoms with Gasteiger partial charge in [0.2, 0.25) is 5.91 Å². The van der Waals surface area contributed by atoms with Gasteiger partial charge in [-0.25, -0.2) is 5.48 Å². The van der Waals surface area contributed by atoms with Crippen LogP contribution in [0.4, 0.5) is 0 Å². The molecule has 0 saturated heterocycles. The average Bonchev–Trinajstić information content (AvgIpc) is 2.45. The van der Waals surface area contributed by atoms with Gasteiger partial charge in [-0.15, -0.1) is 0 Å². The van der Waals surface area contributed by atoms with Crippen molar-refractivity contribution in [2.75, 3.05) is 14.2 Å². The Kier molecular flexibility index (Phi) is 7.09. The van der Waals surface area contributed by atoms with Gasteiger partial charge in [0.05, 0.1) is 14.2 Å². The van der Waals surface area contributed by atoms with Crippen molar-refractivity contribution in [3.8, 4) is 5.75 Å². The lowest BCUT2D eigenvalue weighted by atomic mass is 9.91. The molecule has 0 aliphatic heterocycles. The maximum Gasteiger partial charge on any atom is 0.246 e.